The van der Waals surface area contributed by atoms with Gasteiger partial charge in [0.15, 0.2) is 0 Å². The van der Waals surface area contributed by atoms with Crippen LogP contribution < -0.4 is 15.4 Å². The summed E-state index contributed by atoms with van der Waals surface area (Å²) in [6.07, 6.45) is 6.94. The van der Waals surface area contributed by atoms with E-state index in [9.17, 15) is 19.2 Å². The van der Waals surface area contributed by atoms with Crippen molar-refractivity contribution in [3.63, 3.8) is 0 Å². The second kappa shape index (κ2) is 20.3. The van der Waals surface area contributed by atoms with E-state index in [0.29, 0.717) is 79.1 Å². The van der Waals surface area contributed by atoms with Crippen LogP contribution in [-0.2, 0) is 30.4 Å². The van der Waals surface area contributed by atoms with Crippen LogP contribution in [0.5, 0.6) is 5.75 Å². The fourth-order valence-electron chi connectivity index (χ4n) is 9.79. The second-order valence-corrected chi connectivity index (χ2v) is 19.8. The summed E-state index contributed by atoms with van der Waals surface area (Å²) >= 11 is 1.47. The first-order chi connectivity index (χ1) is 33.8. The topological polar surface area (TPSA) is 211 Å². The summed E-state index contributed by atoms with van der Waals surface area (Å²) in [7, 11) is 2.54. The highest BCUT2D eigenvalue weighted by molar-refractivity contribution is 7.11. The van der Waals surface area contributed by atoms with Crippen LogP contribution in [-0.4, -0.2) is 109 Å². The summed E-state index contributed by atoms with van der Waals surface area (Å²) in [4.78, 5) is 77.2. The Kier molecular flexibility index (Phi) is 14.0. The van der Waals surface area contributed by atoms with Crippen molar-refractivity contribution in [3.05, 3.63) is 82.3 Å². The number of methoxy groups -OCH3 is 2. The standard InChI is InChI=1S/C50H59FN10O8S/c1-8-17-68-25-40-52-24-39(70-40)48-61-34-14-13-28(32-22-53-44(55-32)35-11-9-15-59(35)46(62)42(26(2)3)57-49(64)66-6)18-30(34)20-37(61)41-31(51)19-29(21-38(41)69-48)33-23-54-45(56-33)36-12-10-16-60(36)47(63)43(27(4)5)58-50(65)67-7/h13-14,18-24,26-27,35-36,42-43,48H,8-12,15-17,25H2,1-7H3,(H,53,55)(H,54,56)(H,57,64)(H,58,65)/t35-,36-,42?,43?,48?/m0/s1. The molecule has 6 aromatic rings. The van der Waals surface area contributed by atoms with Gasteiger partial charge in [-0.2, -0.15) is 0 Å². The van der Waals surface area contributed by atoms with E-state index in [2.05, 4.69) is 32.5 Å². The van der Waals surface area contributed by atoms with Crippen LogP contribution in [0.3, 0.4) is 0 Å². The maximum Gasteiger partial charge on any atom is 0.407 e. The van der Waals surface area contributed by atoms with Gasteiger partial charge in [-0.1, -0.05) is 40.7 Å². The number of fused-ring (bicyclic) bond motifs is 5. The minimum atomic E-state index is -0.782. The molecular weight excluding hydrogens is 920 g/mol. The molecule has 3 aliphatic rings. The summed E-state index contributed by atoms with van der Waals surface area (Å²) < 4.78 is 41.2. The molecule has 5 atom stereocenters. The Balaban J connectivity index is 1.04. The van der Waals surface area contributed by atoms with Gasteiger partial charge in [0, 0.05) is 42.4 Å². The summed E-state index contributed by atoms with van der Waals surface area (Å²) in [5.74, 6) is 0.288. The summed E-state index contributed by atoms with van der Waals surface area (Å²) in [6, 6.07) is 9.04. The number of hydrogen-bond donors (Lipinski definition) is 4. The fraction of sp³-hybridized carbons (Fsp3) is 0.460. The van der Waals surface area contributed by atoms with Crippen molar-refractivity contribution in [1.29, 1.82) is 0 Å². The van der Waals surface area contributed by atoms with E-state index in [1.165, 1.54) is 31.6 Å². The molecule has 2 aromatic carbocycles. The molecule has 7 heterocycles. The number of benzene rings is 2. The number of aromatic nitrogens is 6. The van der Waals surface area contributed by atoms with Crippen molar-refractivity contribution in [2.75, 3.05) is 33.9 Å². The molecule has 3 aliphatic heterocycles. The molecule has 3 unspecified atom stereocenters. The van der Waals surface area contributed by atoms with Crippen LogP contribution >= 0.6 is 11.3 Å². The number of carbonyl (C=O) groups is 4. The lowest BCUT2D eigenvalue weighted by atomic mass is 10.0. The number of alkyl carbamates (subject to hydrolysis) is 2. The second-order valence-electron chi connectivity index (χ2n) is 18.6. The molecule has 0 bridgehead atoms. The molecular formula is C50H59FN10O8S. The number of likely N-dealkylation sites (tertiary alicyclic amines) is 2. The number of thiazole rings is 1. The number of amides is 4. The molecule has 4 amide bonds. The number of ether oxygens (including phenoxy) is 4. The van der Waals surface area contributed by atoms with E-state index < -0.39 is 36.3 Å². The van der Waals surface area contributed by atoms with E-state index in [4.69, 9.17) is 28.9 Å². The molecule has 0 saturated carbocycles. The first-order valence-corrected chi connectivity index (χ1v) is 24.7. The predicted octanol–water partition coefficient (Wildman–Crippen LogP) is 8.64. The summed E-state index contributed by atoms with van der Waals surface area (Å²) in [5.41, 5.74) is 4.39. The first kappa shape index (κ1) is 48.2. The van der Waals surface area contributed by atoms with Gasteiger partial charge in [0.1, 0.15) is 40.3 Å². The zero-order valence-corrected chi connectivity index (χ0v) is 41.2. The number of rotatable bonds is 15. The normalized spacial score (nSPS) is 18.5. The van der Waals surface area contributed by atoms with E-state index >= 15 is 4.39 Å². The number of nitrogens with one attached hydrogen (secondary N) is 4. The van der Waals surface area contributed by atoms with Gasteiger partial charge >= 0.3 is 12.2 Å². The Labute approximate surface area is 408 Å². The van der Waals surface area contributed by atoms with Gasteiger partial charge in [0.2, 0.25) is 18.0 Å². The first-order valence-electron chi connectivity index (χ1n) is 23.9. The van der Waals surface area contributed by atoms with Crippen molar-refractivity contribution in [2.24, 2.45) is 11.8 Å². The Hall–Kier alpha value is -6.80. The largest absolute Gasteiger partial charge is 0.464 e. The van der Waals surface area contributed by atoms with Crippen molar-refractivity contribution in [2.45, 2.75) is 104 Å². The fourth-order valence-corrected chi connectivity index (χ4v) is 10.7. The number of hydrogen-bond acceptors (Lipinski definition) is 12. The molecule has 4 N–H and O–H groups in total. The van der Waals surface area contributed by atoms with Crippen LogP contribution in [0.15, 0.2) is 55.0 Å². The highest BCUT2D eigenvalue weighted by atomic mass is 32.1. The minimum absolute atomic E-state index is 0.161. The number of H-pyrrole nitrogens is 2. The molecule has 2 saturated heterocycles. The Bertz CT molecular complexity index is 2910. The Morgan fingerprint density at radius 1 is 0.814 bits per heavy atom. The average molecular weight is 979 g/mol. The van der Waals surface area contributed by atoms with Crippen molar-refractivity contribution in [3.8, 4) is 39.5 Å². The molecule has 0 spiro atoms. The van der Waals surface area contributed by atoms with Gasteiger partial charge in [-0.25, -0.2) is 28.9 Å². The maximum absolute atomic E-state index is 16.9. The zero-order valence-electron chi connectivity index (χ0n) is 40.3. The Morgan fingerprint density at radius 3 is 1.99 bits per heavy atom. The number of carbonyl (C=O) groups excluding carboxylic acids is 4. The predicted molar refractivity (Wildman–Crippen MR) is 259 cm³/mol. The number of imidazole rings is 2. The third-order valence-electron chi connectivity index (χ3n) is 13.3. The highest BCUT2D eigenvalue weighted by Gasteiger charge is 2.40. The molecule has 18 nitrogen and oxygen atoms in total. The van der Waals surface area contributed by atoms with Gasteiger partial charge in [-0.3, -0.25) is 14.2 Å². The van der Waals surface area contributed by atoms with Gasteiger partial charge in [-0.05, 0) is 74.3 Å². The number of halogens is 1. The summed E-state index contributed by atoms with van der Waals surface area (Å²) in [6.45, 7) is 11.5. The third kappa shape index (κ3) is 9.33. The van der Waals surface area contributed by atoms with Crippen LogP contribution in [0.1, 0.15) is 107 Å². The lowest BCUT2D eigenvalue weighted by Gasteiger charge is -2.30. The van der Waals surface area contributed by atoms with Gasteiger partial charge in [0.05, 0.1) is 78.3 Å². The van der Waals surface area contributed by atoms with Crippen LogP contribution in [0.4, 0.5) is 14.0 Å². The molecule has 9 rings (SSSR count). The third-order valence-corrected chi connectivity index (χ3v) is 14.3. The van der Waals surface area contributed by atoms with E-state index in [0.717, 1.165) is 51.3 Å². The SMILES string of the molecule is CCCOCc1ncc(C2Oc3cc(-c4cnc([C@@H]5CCCN5C(=O)C(NC(=O)OC)C(C)C)[nH]4)cc(F)c3-c3cc4cc(-c5cnc([C@@H]6CCCN6C(=O)C(NC(=O)OC)C(C)C)[nH]5)ccc4n32)s1. The molecule has 0 radical (unpaired) electrons. The minimum Gasteiger partial charge on any atom is -0.464 e. The van der Waals surface area contributed by atoms with E-state index in [-0.39, 0.29) is 35.7 Å². The van der Waals surface area contributed by atoms with Crippen LogP contribution in [0.2, 0.25) is 0 Å². The molecule has 2 fully saturated rings. The zero-order chi connectivity index (χ0) is 49.4. The van der Waals surface area contributed by atoms with Gasteiger partial charge in [-0.15, -0.1) is 11.3 Å². The van der Waals surface area contributed by atoms with Gasteiger partial charge < -0.3 is 49.3 Å². The lowest BCUT2D eigenvalue weighted by molar-refractivity contribution is -0.136. The smallest absolute Gasteiger partial charge is 0.407 e. The van der Waals surface area contributed by atoms with Crippen molar-refractivity contribution < 1.29 is 42.5 Å². The summed E-state index contributed by atoms with van der Waals surface area (Å²) in [5, 5.41) is 7.02. The lowest BCUT2D eigenvalue weighted by Crippen LogP contribution is -2.51. The Morgan fingerprint density at radius 2 is 1.41 bits per heavy atom. The molecule has 20 heteroatoms. The van der Waals surface area contributed by atoms with Crippen molar-refractivity contribution in [1.82, 2.24) is 49.9 Å². The molecule has 0 aliphatic carbocycles. The highest BCUT2D eigenvalue weighted by Crippen LogP contribution is 2.48. The molecule has 370 valence electrons. The molecule has 70 heavy (non-hydrogen) atoms. The van der Waals surface area contributed by atoms with Crippen LogP contribution in [0.25, 0.3) is 44.7 Å². The number of aromatic amines is 2. The van der Waals surface area contributed by atoms with Gasteiger partial charge in [0.25, 0.3) is 0 Å². The maximum atomic E-state index is 16.9. The van der Waals surface area contributed by atoms with Crippen LogP contribution in [0, 0.1) is 17.7 Å². The van der Waals surface area contributed by atoms with E-state index in [1.807, 2.05) is 62.6 Å². The van der Waals surface area contributed by atoms with E-state index in [1.54, 1.807) is 28.4 Å². The average Bonchev–Trinajstić information content (AvgIpc) is 4.21. The quantitative estimate of drug-likeness (QED) is 0.0716. The monoisotopic (exact) mass is 978 g/mol. The molecule has 4 aromatic heterocycles. The number of nitrogens with zero attached hydrogens (tertiary/aromatic N) is 6. The van der Waals surface area contributed by atoms with Crippen molar-refractivity contribution >= 4 is 46.2 Å².